The van der Waals surface area contributed by atoms with E-state index in [0.29, 0.717) is 35.2 Å². The van der Waals surface area contributed by atoms with Gasteiger partial charge in [-0.1, -0.05) is 37.3 Å². The zero-order valence-electron chi connectivity index (χ0n) is 55.9. The highest BCUT2D eigenvalue weighted by molar-refractivity contribution is 7.14. The Morgan fingerprint density at radius 3 is 2.08 bits per heavy atom. The second-order valence-corrected chi connectivity index (χ2v) is 26.0. The van der Waals surface area contributed by atoms with Gasteiger partial charge in [0, 0.05) is 54.8 Å². The van der Waals surface area contributed by atoms with Gasteiger partial charge in [0.15, 0.2) is 18.7 Å². The highest BCUT2D eigenvalue weighted by Gasteiger charge is 2.54. The molecule has 5 aromatic rings. The van der Waals surface area contributed by atoms with Gasteiger partial charge in [-0.3, -0.25) is 33.6 Å². The molecule has 4 aromatic heterocycles. The highest BCUT2D eigenvalue weighted by Crippen LogP contribution is 2.35. The Balaban J connectivity index is 1.08. The molecule has 2 fully saturated rings. The third kappa shape index (κ3) is 21.3. The number of amides is 8. The summed E-state index contributed by atoms with van der Waals surface area (Å²) in [5, 5.41) is 112. The summed E-state index contributed by atoms with van der Waals surface area (Å²) >= 11 is 2.50. The van der Waals surface area contributed by atoms with E-state index in [4.69, 9.17) is 52.4 Å². The molecule has 2 aliphatic rings. The minimum absolute atomic E-state index is 0.0169. The number of thiazole rings is 2. The van der Waals surface area contributed by atoms with Crippen LogP contribution in [-0.2, 0) is 54.1 Å². The van der Waals surface area contributed by atoms with Gasteiger partial charge in [-0.25, -0.2) is 29.7 Å². The Bertz CT molecular complexity index is 3620. The topological polar surface area (TPSA) is 639 Å². The number of primary amides is 3. The third-order valence-corrected chi connectivity index (χ3v) is 18.4. The smallest absolute Gasteiger partial charge is 0.404 e. The third-order valence-electron chi connectivity index (χ3n) is 16.7. The first-order valence-electron chi connectivity index (χ1n) is 32.2. The predicted molar refractivity (Wildman–Crippen MR) is 358 cm³/mol. The lowest BCUT2D eigenvalue weighted by Gasteiger charge is -2.47. The van der Waals surface area contributed by atoms with Crippen molar-refractivity contribution in [2.24, 2.45) is 28.9 Å². The van der Waals surface area contributed by atoms with Crippen molar-refractivity contribution in [2.45, 2.75) is 170 Å². The molecule has 20 atom stereocenters. The van der Waals surface area contributed by atoms with Crippen LogP contribution in [0.15, 0.2) is 53.6 Å². The second kappa shape index (κ2) is 37.6. The SMILES string of the molecule is Cc1c(N)nc([C@H](CC(N)=O)NC[C@H](N)C(N)=O)nc1C(=O)N[C@H](C(=O)N[C@H](C)[C@@H](O)[C@H](C)C(=O)N[C@H](C(=O)NCCc1nc(-c2nc(C(=O)NCCCNC(C)c3ccccc3)cs2)cs1)[C@@H](C)O)[C@@H](OC1OC(CO)C(O)C(O)C1OC1OC(CO)C(O)C(OC(N)=O)C1O)c1cnc[nH]1. The van der Waals surface area contributed by atoms with Crippen LogP contribution in [-0.4, -0.2) is 255 Å². The summed E-state index contributed by atoms with van der Waals surface area (Å²) in [5.74, 6) is -8.75. The van der Waals surface area contributed by atoms with Gasteiger partial charge < -0.3 is 135 Å². The number of H-pyrrole nitrogens is 1. The number of aliphatic hydroxyl groups is 8. The molecule has 39 nitrogen and oxygen atoms in total. The van der Waals surface area contributed by atoms with Gasteiger partial charge in [0.05, 0.1) is 72.7 Å². The summed E-state index contributed by atoms with van der Waals surface area (Å²) in [6.45, 7) is 5.81. The number of carbonyl (C=O) groups is 8. The zero-order valence-corrected chi connectivity index (χ0v) is 57.6. The molecule has 7 rings (SSSR count). The summed E-state index contributed by atoms with van der Waals surface area (Å²) in [7, 11) is 0. The number of nitrogens with one attached hydrogen (secondary N) is 8. The number of carbonyl (C=O) groups excluding carboxylic acids is 8. The van der Waals surface area contributed by atoms with Crippen molar-refractivity contribution in [2.75, 3.05) is 45.1 Å². The number of imidazole rings is 1. The first-order valence-corrected chi connectivity index (χ1v) is 33.9. The molecule has 41 heteroatoms. The van der Waals surface area contributed by atoms with Gasteiger partial charge in [0.25, 0.3) is 11.8 Å². The van der Waals surface area contributed by atoms with Crippen molar-refractivity contribution < 1.29 is 103 Å². The molecule has 0 bridgehead atoms. The standard InChI is InChI=1S/C61H88N18O21S2/c1-24-39(76-52(79-50(24)64)31(16-37(63)83)71-17-30(62)51(65)89)56(93)78-41(47(32-18-67-23-72-32)98-60-49(45(87)43(85)35(19-80)97-60)99-59-46(88)48(100-61(66)95)44(86)36(20-81)96-59)57(94)73-27(4)42(84)25(2)53(90)77-40(28(5)82)55(92)70-15-12-38-74-34(22-101-38)58-75-33(21-102-58)54(91)69-14-9-13-68-26(3)29-10-7-6-8-11-29/h6-8,10-11,18,21-23,25-28,30-31,35-36,40-49,59-60,68,71,80-82,84-88H,9,12-17,19-20,62H2,1-5H3,(H2,63,83)(H2,65,89)(H2,66,95)(H,67,72)(H,69,91)(H,70,92)(H,73,94)(H,77,90)(H,78,93)(H2,64,76,79)/t25-,26?,27+,28+,30-,31-,35?,36?,40-,41-,42-,43?,44?,45?,46?,47-,48?,49?,59?,60?/m0/s1. The molecular formula is C61H88N18O21S2. The molecular weight excluding hydrogens is 1380 g/mol. The largest absolute Gasteiger partial charge is 0.441 e. The van der Waals surface area contributed by atoms with Crippen molar-refractivity contribution in [1.29, 1.82) is 0 Å². The number of nitrogen functional groups attached to an aromatic ring is 1. The molecule has 8 amide bonds. The number of nitrogens with two attached hydrogens (primary N) is 5. The fraction of sp³-hybridized carbons (Fsp3) is 0.557. The van der Waals surface area contributed by atoms with Gasteiger partial charge in [0.1, 0.15) is 94.6 Å². The number of aromatic amines is 1. The quantitative estimate of drug-likeness (QED) is 0.0165. The van der Waals surface area contributed by atoms with E-state index in [9.17, 15) is 74.4 Å². The maximum Gasteiger partial charge on any atom is 0.404 e. The molecule has 26 N–H and O–H groups in total. The number of anilines is 1. The summed E-state index contributed by atoms with van der Waals surface area (Å²) in [4.78, 5) is 131. The number of ether oxygens (including phenoxy) is 5. The maximum atomic E-state index is 15.2. The summed E-state index contributed by atoms with van der Waals surface area (Å²) in [6.07, 6.45) is -24.5. The number of benzene rings is 1. The van der Waals surface area contributed by atoms with E-state index in [1.54, 1.807) is 10.8 Å². The molecule has 0 aliphatic carbocycles. The Morgan fingerprint density at radius 1 is 0.735 bits per heavy atom. The van der Waals surface area contributed by atoms with Crippen LogP contribution in [0.25, 0.3) is 10.7 Å². The van der Waals surface area contributed by atoms with E-state index in [1.807, 2.05) is 30.3 Å². The Morgan fingerprint density at radius 2 is 1.43 bits per heavy atom. The molecule has 560 valence electrons. The van der Waals surface area contributed by atoms with Crippen molar-refractivity contribution in [1.82, 2.24) is 67.1 Å². The molecule has 0 saturated carbocycles. The monoisotopic (exact) mass is 1470 g/mol. The molecule has 2 aliphatic heterocycles. The lowest BCUT2D eigenvalue weighted by molar-refractivity contribution is -0.372. The molecule has 0 spiro atoms. The summed E-state index contributed by atoms with van der Waals surface area (Å²) in [5.41, 5.74) is 29.2. The van der Waals surface area contributed by atoms with Crippen LogP contribution in [0, 0.1) is 12.8 Å². The lowest BCUT2D eigenvalue weighted by atomic mass is 9.96. The number of hydrogen-bond acceptors (Lipinski definition) is 32. The minimum Gasteiger partial charge on any atom is -0.441 e. The van der Waals surface area contributed by atoms with Crippen LogP contribution in [0.1, 0.15) is 107 Å². The number of hydrogen-bond donors (Lipinski definition) is 21. The Kier molecular flexibility index (Phi) is 29.8. The fourth-order valence-electron chi connectivity index (χ4n) is 10.7. The van der Waals surface area contributed by atoms with E-state index in [2.05, 4.69) is 74.0 Å². The van der Waals surface area contributed by atoms with E-state index in [-0.39, 0.29) is 60.1 Å². The van der Waals surface area contributed by atoms with Gasteiger partial charge in [-0.15, -0.1) is 22.7 Å². The number of nitrogens with zero attached hydrogens (tertiary/aromatic N) is 5. The van der Waals surface area contributed by atoms with Gasteiger partial charge >= 0.3 is 6.09 Å². The molecule has 2 saturated heterocycles. The molecule has 6 heterocycles. The first-order chi connectivity index (χ1) is 48.4. The van der Waals surface area contributed by atoms with Crippen LogP contribution in [0.3, 0.4) is 0 Å². The van der Waals surface area contributed by atoms with Gasteiger partial charge in [0.2, 0.25) is 29.5 Å². The Hall–Kier alpha value is -8.47. The lowest BCUT2D eigenvalue weighted by Crippen LogP contribution is -2.65. The summed E-state index contributed by atoms with van der Waals surface area (Å²) < 4.78 is 28.8. The van der Waals surface area contributed by atoms with Crippen LogP contribution in [0.2, 0.25) is 0 Å². The van der Waals surface area contributed by atoms with Crippen molar-refractivity contribution in [3.8, 4) is 10.7 Å². The zero-order chi connectivity index (χ0) is 74.8. The molecule has 102 heavy (non-hydrogen) atoms. The van der Waals surface area contributed by atoms with Crippen LogP contribution in [0.5, 0.6) is 0 Å². The number of aliphatic hydroxyl groups excluding tert-OH is 8. The highest BCUT2D eigenvalue weighted by atomic mass is 32.1. The average Bonchev–Trinajstić information content (AvgIpc) is 1.13. The second-order valence-electron chi connectivity index (χ2n) is 24.2. The van der Waals surface area contributed by atoms with Crippen molar-refractivity contribution in [3.63, 3.8) is 0 Å². The van der Waals surface area contributed by atoms with E-state index in [0.717, 1.165) is 18.1 Å². The number of aromatic nitrogens is 6. The normalized spacial score (nSPS) is 23.5. The van der Waals surface area contributed by atoms with Crippen LogP contribution >= 0.6 is 22.7 Å². The van der Waals surface area contributed by atoms with E-state index >= 15 is 4.79 Å². The molecule has 1 aromatic carbocycles. The minimum atomic E-state index is -2.20. The molecule has 11 unspecified atom stereocenters. The van der Waals surface area contributed by atoms with Gasteiger partial charge in [-0.05, 0) is 46.2 Å². The fourth-order valence-corrected chi connectivity index (χ4v) is 12.3. The maximum absolute atomic E-state index is 15.2. The number of rotatable bonds is 37. The predicted octanol–water partition coefficient (Wildman–Crippen LogP) is -6.23. The van der Waals surface area contributed by atoms with Crippen molar-refractivity contribution in [3.05, 3.63) is 92.7 Å². The van der Waals surface area contributed by atoms with Gasteiger partial charge in [-0.2, -0.15) is 0 Å². The van der Waals surface area contributed by atoms with E-state index < -0.39 is 183 Å². The first kappa shape index (κ1) is 80.8. The molecule has 0 radical (unpaired) electrons. The van der Waals surface area contributed by atoms with E-state index in [1.165, 1.54) is 50.4 Å². The Labute approximate surface area is 590 Å². The average molecular weight is 1470 g/mol. The van der Waals surface area contributed by atoms with Crippen LogP contribution in [0.4, 0.5) is 10.6 Å². The summed E-state index contributed by atoms with van der Waals surface area (Å²) in [6, 6.07) is 2.26. The van der Waals surface area contributed by atoms with Crippen molar-refractivity contribution >= 4 is 75.9 Å². The van der Waals surface area contributed by atoms with Crippen LogP contribution < -0.4 is 65.9 Å².